The van der Waals surface area contributed by atoms with E-state index in [0.29, 0.717) is 44.6 Å². The van der Waals surface area contributed by atoms with Gasteiger partial charge in [-0.3, -0.25) is 4.90 Å². The third-order valence-corrected chi connectivity index (χ3v) is 6.50. The number of piperidine rings is 1. The Hall–Kier alpha value is -2.99. The first-order chi connectivity index (χ1) is 16.9. The molecule has 194 valence electrons. The number of rotatable bonds is 7. The summed E-state index contributed by atoms with van der Waals surface area (Å²) in [5.74, 6) is 0. The topological polar surface area (TPSA) is 66.3 Å². The van der Waals surface area contributed by atoms with Crippen LogP contribution in [0, 0.1) is 0 Å². The molecule has 0 spiro atoms. The molecule has 1 saturated heterocycles. The van der Waals surface area contributed by atoms with Gasteiger partial charge in [0, 0.05) is 12.0 Å². The Bertz CT molecular complexity index is 1060. The van der Waals surface area contributed by atoms with E-state index < -0.39 is 41.1 Å². The summed E-state index contributed by atoms with van der Waals surface area (Å²) in [6.45, 7) is 1.51. The van der Waals surface area contributed by atoms with Crippen LogP contribution in [0.25, 0.3) is 0 Å². The van der Waals surface area contributed by atoms with Gasteiger partial charge in [0.25, 0.3) is 0 Å². The zero-order valence-corrected chi connectivity index (χ0v) is 19.1. The molecule has 0 aromatic heterocycles. The number of hydrogen-bond donors (Lipinski definition) is 1. The van der Waals surface area contributed by atoms with Crippen LogP contribution < -0.4 is 5.32 Å². The maximum Gasteiger partial charge on any atom is 0.416 e. The van der Waals surface area contributed by atoms with Gasteiger partial charge in [-0.15, -0.1) is 0 Å². The van der Waals surface area contributed by atoms with Crippen LogP contribution in [0.2, 0.25) is 0 Å². The zero-order valence-electron chi connectivity index (χ0n) is 19.1. The number of benzene rings is 2. The van der Waals surface area contributed by atoms with Crippen LogP contribution in [0.15, 0.2) is 58.8 Å². The third-order valence-electron chi connectivity index (χ3n) is 6.50. The van der Waals surface area contributed by atoms with Crippen molar-refractivity contribution in [2.75, 3.05) is 26.2 Å². The number of halogens is 6. The Morgan fingerprint density at radius 1 is 0.972 bits per heavy atom. The zero-order chi connectivity index (χ0) is 26.0. The molecule has 36 heavy (non-hydrogen) atoms. The van der Waals surface area contributed by atoms with Gasteiger partial charge in [0.2, 0.25) is 0 Å². The minimum atomic E-state index is -4.91. The molecule has 2 aromatic carbocycles. The van der Waals surface area contributed by atoms with Crippen molar-refractivity contribution in [3.8, 4) is 0 Å². The monoisotopic (exact) mass is 514 g/mol. The molecular weight excluding hydrogens is 490 g/mol. The maximum atomic E-state index is 13.2. The second kappa shape index (κ2) is 10.2. The molecule has 0 saturated carbocycles. The van der Waals surface area contributed by atoms with Gasteiger partial charge in [0.05, 0.1) is 24.3 Å². The molecule has 0 bridgehead atoms. The number of amides is 2. The number of likely N-dealkylation sites (tertiary alicyclic amines) is 1. The fraction of sp³-hybridized carbons (Fsp3) is 0.458. The lowest BCUT2D eigenvalue weighted by molar-refractivity contribution is -0.143. The lowest BCUT2D eigenvalue weighted by Crippen LogP contribution is -2.48. The summed E-state index contributed by atoms with van der Waals surface area (Å²) in [6.07, 6.45) is -8.95. The van der Waals surface area contributed by atoms with Gasteiger partial charge in [0.1, 0.15) is 0 Å². The van der Waals surface area contributed by atoms with Crippen molar-refractivity contribution in [3.05, 3.63) is 70.8 Å². The molecule has 2 amide bonds. The molecule has 0 radical (unpaired) electrons. The lowest BCUT2D eigenvalue weighted by Gasteiger charge is -2.42. The fourth-order valence-electron chi connectivity index (χ4n) is 4.59. The van der Waals surface area contributed by atoms with Crippen molar-refractivity contribution in [3.63, 3.8) is 0 Å². The van der Waals surface area contributed by atoms with Crippen LogP contribution in [0.1, 0.15) is 35.1 Å². The summed E-state index contributed by atoms with van der Waals surface area (Å²) in [7, 11) is 0. The Labute approximate surface area is 203 Å². The summed E-state index contributed by atoms with van der Waals surface area (Å²) in [6, 6.07) is 10.5. The van der Waals surface area contributed by atoms with E-state index in [0.717, 1.165) is 5.56 Å². The first-order valence-corrected chi connectivity index (χ1v) is 11.3. The molecule has 2 heterocycles. The predicted octanol–water partition coefficient (Wildman–Crippen LogP) is 5.78. The number of carbonyl (C=O) groups excluding carboxylic acids is 1. The number of alkyl halides is 6. The smallest absolute Gasteiger partial charge is 0.376 e. The summed E-state index contributed by atoms with van der Waals surface area (Å²) < 4.78 is 84.9. The van der Waals surface area contributed by atoms with Crippen molar-refractivity contribution >= 4 is 6.03 Å². The van der Waals surface area contributed by atoms with Crippen molar-refractivity contribution in [1.29, 1.82) is 0 Å². The van der Waals surface area contributed by atoms with Gasteiger partial charge in [-0.2, -0.15) is 31.5 Å². The third kappa shape index (κ3) is 6.22. The van der Waals surface area contributed by atoms with E-state index in [9.17, 15) is 31.1 Å². The SMILES string of the molecule is O=C1N=NC(CN2CCC(COCc3cc(C(F)(F)F)cc(C(F)(F)F)c3)(c3ccccc3)CC2)N1. The highest BCUT2D eigenvalue weighted by atomic mass is 19.4. The number of nitrogens with zero attached hydrogens (tertiary/aromatic N) is 3. The average Bonchev–Trinajstić information content (AvgIpc) is 3.24. The highest BCUT2D eigenvalue weighted by Gasteiger charge is 2.39. The number of ether oxygens (including phenoxy) is 1. The number of urea groups is 1. The van der Waals surface area contributed by atoms with Crippen LogP contribution in [0.3, 0.4) is 0 Å². The molecule has 2 aliphatic heterocycles. The van der Waals surface area contributed by atoms with Crippen molar-refractivity contribution < 1.29 is 35.9 Å². The molecular formula is C24H24F6N4O2. The molecule has 1 N–H and O–H groups in total. The van der Waals surface area contributed by atoms with Crippen LogP contribution in [-0.2, 0) is 29.1 Å². The Balaban J connectivity index is 1.46. The second-order valence-electron chi connectivity index (χ2n) is 9.03. The first-order valence-electron chi connectivity index (χ1n) is 11.3. The predicted molar refractivity (Wildman–Crippen MR) is 117 cm³/mol. The number of azo groups is 1. The molecule has 1 unspecified atom stereocenters. The summed E-state index contributed by atoms with van der Waals surface area (Å²) in [4.78, 5) is 13.4. The minimum absolute atomic E-state index is 0.108. The van der Waals surface area contributed by atoms with Gasteiger partial charge in [-0.1, -0.05) is 35.4 Å². The van der Waals surface area contributed by atoms with Gasteiger partial charge >= 0.3 is 18.4 Å². The largest absolute Gasteiger partial charge is 0.416 e. The van der Waals surface area contributed by atoms with Gasteiger partial charge < -0.3 is 10.1 Å². The fourth-order valence-corrected chi connectivity index (χ4v) is 4.59. The quantitative estimate of drug-likeness (QED) is 0.477. The van der Waals surface area contributed by atoms with Crippen molar-refractivity contribution in [2.24, 2.45) is 10.2 Å². The molecule has 1 fully saturated rings. The number of nitrogens with one attached hydrogen (secondary N) is 1. The molecule has 12 heteroatoms. The van der Waals surface area contributed by atoms with E-state index in [1.165, 1.54) is 0 Å². The molecule has 4 rings (SSSR count). The van der Waals surface area contributed by atoms with Crippen LogP contribution in [-0.4, -0.2) is 43.3 Å². The van der Waals surface area contributed by atoms with Crippen LogP contribution in [0.4, 0.5) is 31.1 Å². The van der Waals surface area contributed by atoms with E-state index >= 15 is 0 Å². The van der Waals surface area contributed by atoms with E-state index in [1.54, 1.807) is 0 Å². The minimum Gasteiger partial charge on any atom is -0.376 e. The van der Waals surface area contributed by atoms with E-state index in [2.05, 4.69) is 20.4 Å². The Morgan fingerprint density at radius 3 is 2.11 bits per heavy atom. The molecule has 2 aromatic rings. The van der Waals surface area contributed by atoms with Gasteiger partial charge in [-0.25, -0.2) is 4.79 Å². The highest BCUT2D eigenvalue weighted by Crippen LogP contribution is 2.38. The Morgan fingerprint density at radius 2 is 1.58 bits per heavy atom. The maximum absolute atomic E-state index is 13.2. The first kappa shape index (κ1) is 26.1. The molecule has 2 aliphatic rings. The van der Waals surface area contributed by atoms with Crippen molar-refractivity contribution in [2.45, 2.75) is 43.4 Å². The summed E-state index contributed by atoms with van der Waals surface area (Å²) >= 11 is 0. The summed E-state index contributed by atoms with van der Waals surface area (Å²) in [5.41, 5.74) is -2.40. The standard InChI is InChI=1S/C24H24F6N4O2/c25-23(26,27)18-10-16(11-19(12-18)24(28,29)30)14-36-15-22(17-4-2-1-3-5-17)6-8-34(9-7-22)13-20-31-21(35)33-32-20/h1-5,10-12,20H,6-9,13-15H2,(H,31,35). The lowest BCUT2D eigenvalue weighted by atomic mass is 9.73. The molecule has 1 atom stereocenters. The average molecular weight is 514 g/mol. The number of carbonyl (C=O) groups is 1. The van der Waals surface area contributed by atoms with Crippen LogP contribution in [0.5, 0.6) is 0 Å². The van der Waals surface area contributed by atoms with Gasteiger partial charge in [0.15, 0.2) is 6.17 Å². The Kier molecular flexibility index (Phi) is 7.37. The van der Waals surface area contributed by atoms with E-state index in [4.69, 9.17) is 4.74 Å². The normalized spacial score (nSPS) is 20.5. The molecule has 6 nitrogen and oxygen atoms in total. The van der Waals surface area contributed by atoms with Crippen LogP contribution >= 0.6 is 0 Å². The molecule has 0 aliphatic carbocycles. The van der Waals surface area contributed by atoms with Gasteiger partial charge in [-0.05, 0) is 55.3 Å². The van der Waals surface area contributed by atoms with E-state index in [1.807, 2.05) is 30.3 Å². The summed E-state index contributed by atoms with van der Waals surface area (Å²) in [5, 5.41) is 9.97. The second-order valence-corrected chi connectivity index (χ2v) is 9.03. The van der Waals surface area contributed by atoms with E-state index in [-0.39, 0.29) is 24.8 Å². The van der Waals surface area contributed by atoms with Crippen molar-refractivity contribution in [1.82, 2.24) is 10.2 Å². The number of hydrogen-bond acceptors (Lipinski definition) is 4. The highest BCUT2D eigenvalue weighted by molar-refractivity contribution is 5.75.